The van der Waals surface area contributed by atoms with E-state index in [4.69, 9.17) is 5.73 Å². The molecule has 4 heteroatoms. The lowest BCUT2D eigenvalue weighted by Gasteiger charge is -2.12. The fourth-order valence-corrected chi connectivity index (χ4v) is 1.71. The average molecular weight is 237 g/mol. The van der Waals surface area contributed by atoms with Gasteiger partial charge in [-0.3, -0.25) is 4.79 Å². The fraction of sp³-hybridized carbons (Fsp3) is 0.615. The number of hydrogen-bond acceptors (Lipinski definition) is 2. The molecular weight excluding hydrogens is 214 g/mol. The molecule has 0 spiro atoms. The van der Waals surface area contributed by atoms with Crippen LogP contribution in [-0.2, 0) is 11.3 Å². The second-order valence-corrected chi connectivity index (χ2v) is 4.75. The summed E-state index contributed by atoms with van der Waals surface area (Å²) in [4.78, 5) is 14.7. The van der Waals surface area contributed by atoms with Crippen LogP contribution in [0.1, 0.15) is 38.7 Å². The van der Waals surface area contributed by atoms with Crippen molar-refractivity contribution in [2.45, 2.75) is 45.7 Å². The Morgan fingerprint density at radius 3 is 2.82 bits per heavy atom. The Kier molecular flexibility index (Phi) is 5.77. The van der Waals surface area contributed by atoms with Crippen molar-refractivity contribution in [3.8, 4) is 0 Å². The molecule has 4 nitrogen and oxygen atoms in total. The zero-order valence-corrected chi connectivity index (χ0v) is 10.7. The minimum absolute atomic E-state index is 0.0627. The van der Waals surface area contributed by atoms with E-state index in [9.17, 15) is 4.79 Å². The summed E-state index contributed by atoms with van der Waals surface area (Å²) in [5.41, 5.74) is 6.77. The van der Waals surface area contributed by atoms with E-state index in [1.54, 1.807) is 0 Å². The van der Waals surface area contributed by atoms with Crippen molar-refractivity contribution < 1.29 is 4.79 Å². The zero-order valence-electron chi connectivity index (χ0n) is 10.7. The quantitative estimate of drug-likeness (QED) is 0.676. The number of aromatic amines is 1. The van der Waals surface area contributed by atoms with Gasteiger partial charge in [0.1, 0.15) is 0 Å². The van der Waals surface area contributed by atoms with E-state index >= 15 is 0 Å². The fourth-order valence-electron chi connectivity index (χ4n) is 1.71. The molecular formula is C13H23N3O. The molecule has 1 aromatic heterocycles. The van der Waals surface area contributed by atoms with Crippen molar-refractivity contribution in [3.63, 3.8) is 0 Å². The number of hydrogen-bond donors (Lipinski definition) is 3. The Morgan fingerprint density at radius 1 is 1.47 bits per heavy atom. The lowest BCUT2D eigenvalue weighted by molar-refractivity contribution is -0.124. The Bertz CT molecular complexity index is 319. The summed E-state index contributed by atoms with van der Waals surface area (Å²) in [5, 5.41) is 2.93. The van der Waals surface area contributed by atoms with Gasteiger partial charge in [-0.1, -0.05) is 13.3 Å². The second kappa shape index (κ2) is 7.12. The van der Waals surface area contributed by atoms with Crippen molar-refractivity contribution in [1.29, 1.82) is 0 Å². The maximum absolute atomic E-state index is 11.8. The molecule has 1 heterocycles. The van der Waals surface area contributed by atoms with E-state index in [-0.39, 0.29) is 17.9 Å². The molecule has 0 aliphatic heterocycles. The highest BCUT2D eigenvalue weighted by Crippen LogP contribution is 2.09. The number of nitrogens with one attached hydrogen (secondary N) is 2. The van der Waals surface area contributed by atoms with Gasteiger partial charge < -0.3 is 16.0 Å². The third kappa shape index (κ3) is 5.54. The van der Waals surface area contributed by atoms with Gasteiger partial charge in [0.2, 0.25) is 5.91 Å². The summed E-state index contributed by atoms with van der Waals surface area (Å²) in [6.07, 6.45) is 6.64. The third-order valence-corrected chi connectivity index (χ3v) is 2.87. The van der Waals surface area contributed by atoms with E-state index in [1.807, 2.05) is 32.3 Å². The van der Waals surface area contributed by atoms with Crippen LogP contribution in [0.2, 0.25) is 0 Å². The van der Waals surface area contributed by atoms with E-state index < -0.39 is 0 Å². The predicted molar refractivity (Wildman–Crippen MR) is 69.3 cm³/mol. The molecule has 0 aliphatic rings. The van der Waals surface area contributed by atoms with Gasteiger partial charge in [0.05, 0.1) is 0 Å². The van der Waals surface area contributed by atoms with E-state index in [2.05, 4.69) is 10.3 Å². The average Bonchev–Trinajstić information content (AvgIpc) is 2.78. The molecule has 2 unspecified atom stereocenters. The van der Waals surface area contributed by atoms with E-state index in [1.165, 1.54) is 0 Å². The van der Waals surface area contributed by atoms with Gasteiger partial charge >= 0.3 is 0 Å². The molecule has 96 valence electrons. The number of carbonyl (C=O) groups excluding carboxylic acids is 1. The predicted octanol–water partition coefficient (Wildman–Crippen LogP) is 1.78. The van der Waals surface area contributed by atoms with Gasteiger partial charge in [-0.2, -0.15) is 0 Å². The Hall–Kier alpha value is -1.29. The molecule has 0 saturated carbocycles. The van der Waals surface area contributed by atoms with Gasteiger partial charge in [-0.25, -0.2) is 0 Å². The number of amides is 1. The molecule has 0 bridgehead atoms. The summed E-state index contributed by atoms with van der Waals surface area (Å²) in [5.74, 6) is 0.184. The number of nitrogens with two attached hydrogens (primary N) is 1. The maximum atomic E-state index is 11.8. The van der Waals surface area contributed by atoms with Crippen LogP contribution < -0.4 is 11.1 Å². The van der Waals surface area contributed by atoms with Gasteiger partial charge in [0.15, 0.2) is 0 Å². The number of carbonyl (C=O) groups is 1. The molecule has 0 aliphatic carbocycles. The molecule has 0 fully saturated rings. The molecule has 1 aromatic rings. The summed E-state index contributed by atoms with van der Waals surface area (Å²) in [6, 6.07) is 2.19. The maximum Gasteiger partial charge on any atom is 0.223 e. The second-order valence-electron chi connectivity index (χ2n) is 4.75. The van der Waals surface area contributed by atoms with E-state index in [0.717, 1.165) is 24.8 Å². The topological polar surface area (TPSA) is 70.9 Å². The van der Waals surface area contributed by atoms with Crippen LogP contribution in [0.3, 0.4) is 0 Å². The van der Waals surface area contributed by atoms with Crippen LogP contribution in [0.5, 0.6) is 0 Å². The highest BCUT2D eigenvalue weighted by Gasteiger charge is 2.12. The van der Waals surface area contributed by atoms with Crippen molar-refractivity contribution in [1.82, 2.24) is 10.3 Å². The van der Waals surface area contributed by atoms with Crippen LogP contribution in [0.25, 0.3) is 0 Å². The zero-order chi connectivity index (χ0) is 12.7. The Labute approximate surface area is 103 Å². The first-order valence-corrected chi connectivity index (χ1v) is 6.24. The number of rotatable bonds is 7. The van der Waals surface area contributed by atoms with Gasteiger partial charge in [0, 0.05) is 30.9 Å². The van der Waals surface area contributed by atoms with Gasteiger partial charge in [-0.05, 0) is 31.4 Å². The first-order chi connectivity index (χ1) is 8.09. The van der Waals surface area contributed by atoms with Crippen molar-refractivity contribution in [3.05, 3.63) is 24.0 Å². The van der Waals surface area contributed by atoms with Crippen molar-refractivity contribution in [2.75, 3.05) is 0 Å². The molecule has 0 saturated heterocycles. The normalized spacial score (nSPS) is 14.3. The highest BCUT2D eigenvalue weighted by molar-refractivity contribution is 5.78. The molecule has 2 atom stereocenters. The highest BCUT2D eigenvalue weighted by atomic mass is 16.1. The van der Waals surface area contributed by atoms with Crippen LogP contribution in [-0.4, -0.2) is 16.9 Å². The number of aromatic nitrogens is 1. The Morgan fingerprint density at radius 2 is 2.24 bits per heavy atom. The lowest BCUT2D eigenvalue weighted by Crippen LogP contribution is -2.28. The third-order valence-electron chi connectivity index (χ3n) is 2.87. The number of H-pyrrole nitrogens is 1. The summed E-state index contributed by atoms with van der Waals surface area (Å²) < 4.78 is 0. The summed E-state index contributed by atoms with van der Waals surface area (Å²) in [6.45, 7) is 4.56. The van der Waals surface area contributed by atoms with Gasteiger partial charge in [-0.15, -0.1) is 0 Å². The van der Waals surface area contributed by atoms with Crippen molar-refractivity contribution >= 4 is 5.91 Å². The minimum atomic E-state index is 0.0627. The smallest absolute Gasteiger partial charge is 0.223 e. The van der Waals surface area contributed by atoms with Crippen LogP contribution in [0.15, 0.2) is 18.5 Å². The van der Waals surface area contributed by atoms with Crippen molar-refractivity contribution in [2.24, 2.45) is 11.7 Å². The minimum Gasteiger partial charge on any atom is -0.367 e. The van der Waals surface area contributed by atoms with Crippen LogP contribution >= 0.6 is 0 Å². The van der Waals surface area contributed by atoms with Crippen LogP contribution in [0.4, 0.5) is 0 Å². The molecule has 0 aromatic carbocycles. The molecule has 1 rings (SSSR count). The molecule has 0 radical (unpaired) electrons. The molecule has 1 amide bonds. The molecule has 17 heavy (non-hydrogen) atoms. The Balaban J connectivity index is 2.18. The monoisotopic (exact) mass is 237 g/mol. The van der Waals surface area contributed by atoms with Gasteiger partial charge in [0.25, 0.3) is 0 Å². The SMILES string of the molecule is CC(N)CCCC(C)C(=O)NCc1cc[nH]c1. The largest absolute Gasteiger partial charge is 0.367 e. The van der Waals surface area contributed by atoms with E-state index in [0.29, 0.717) is 6.54 Å². The standard InChI is InChI=1S/C13H23N3O/c1-10(4-3-5-11(2)14)13(17)16-9-12-6-7-15-8-12/h6-8,10-11,15H,3-5,9,14H2,1-2H3,(H,16,17). The molecule has 4 N–H and O–H groups in total. The lowest BCUT2D eigenvalue weighted by atomic mass is 10.0. The summed E-state index contributed by atoms with van der Waals surface area (Å²) in [7, 11) is 0. The van der Waals surface area contributed by atoms with Crippen LogP contribution in [0, 0.1) is 5.92 Å². The summed E-state index contributed by atoms with van der Waals surface area (Å²) >= 11 is 0. The first-order valence-electron chi connectivity index (χ1n) is 6.24. The first kappa shape index (κ1) is 13.8.